The molecule has 2 amide bonds. The lowest BCUT2D eigenvalue weighted by atomic mass is 10.1. The van der Waals surface area contributed by atoms with E-state index >= 15 is 0 Å². The van der Waals surface area contributed by atoms with Crippen molar-refractivity contribution in [3.63, 3.8) is 0 Å². The van der Waals surface area contributed by atoms with Gasteiger partial charge < -0.3 is 16.0 Å². The molecular formula is C23H23ClN3O2+. The number of amides is 2. The number of benzene rings is 3. The summed E-state index contributed by atoms with van der Waals surface area (Å²) in [4.78, 5) is 25.1. The SMILES string of the molecule is C[C@@H]([NH2+]CC(=O)Nc1ccccc1C(=O)Nc1ccccc1)c1ccc(Cl)cc1. The van der Waals surface area contributed by atoms with Crippen molar-refractivity contribution < 1.29 is 14.9 Å². The van der Waals surface area contributed by atoms with Crippen LogP contribution in [0.3, 0.4) is 0 Å². The van der Waals surface area contributed by atoms with Crippen LogP contribution >= 0.6 is 11.6 Å². The Morgan fingerprint density at radius 2 is 1.55 bits per heavy atom. The fraction of sp³-hybridized carbons (Fsp3) is 0.130. The van der Waals surface area contributed by atoms with Gasteiger partial charge in [-0.3, -0.25) is 9.59 Å². The van der Waals surface area contributed by atoms with E-state index in [9.17, 15) is 9.59 Å². The third kappa shape index (κ3) is 5.91. The van der Waals surface area contributed by atoms with E-state index in [1.807, 2.05) is 66.8 Å². The summed E-state index contributed by atoms with van der Waals surface area (Å²) in [5.74, 6) is -0.448. The van der Waals surface area contributed by atoms with Crippen molar-refractivity contribution in [2.24, 2.45) is 0 Å². The summed E-state index contributed by atoms with van der Waals surface area (Å²) in [6, 6.07) is 23.8. The highest BCUT2D eigenvalue weighted by atomic mass is 35.5. The molecule has 0 unspecified atom stereocenters. The molecule has 3 aromatic rings. The van der Waals surface area contributed by atoms with Gasteiger partial charge in [-0.1, -0.05) is 54.1 Å². The molecule has 0 saturated carbocycles. The molecule has 0 aliphatic heterocycles. The molecule has 6 heteroatoms. The van der Waals surface area contributed by atoms with E-state index in [4.69, 9.17) is 11.6 Å². The summed E-state index contributed by atoms with van der Waals surface area (Å²) in [6.45, 7) is 2.26. The van der Waals surface area contributed by atoms with Crippen molar-refractivity contribution in [2.75, 3.05) is 17.2 Å². The van der Waals surface area contributed by atoms with Gasteiger partial charge in [-0.25, -0.2) is 0 Å². The summed E-state index contributed by atoms with van der Waals surface area (Å²) in [5, 5.41) is 8.30. The Balaban J connectivity index is 1.60. The fourth-order valence-corrected chi connectivity index (χ4v) is 3.02. The summed E-state index contributed by atoms with van der Waals surface area (Å²) >= 11 is 5.92. The van der Waals surface area contributed by atoms with E-state index in [0.717, 1.165) is 5.56 Å². The molecule has 0 aliphatic rings. The first-order valence-electron chi connectivity index (χ1n) is 9.37. The number of halogens is 1. The topological polar surface area (TPSA) is 74.8 Å². The number of nitrogens with one attached hydrogen (secondary N) is 2. The number of rotatable bonds is 7. The standard InChI is InChI=1S/C23H22ClN3O2/c1-16(17-11-13-18(24)14-12-17)25-15-22(28)27-21-10-6-5-9-20(21)23(29)26-19-7-3-2-4-8-19/h2-14,16,25H,15H2,1H3,(H,26,29)(H,27,28)/p+1/t16-/m1/s1. The van der Waals surface area contributed by atoms with Gasteiger partial charge >= 0.3 is 0 Å². The average molecular weight is 409 g/mol. The van der Waals surface area contributed by atoms with Gasteiger partial charge in [0.1, 0.15) is 6.04 Å². The number of carbonyl (C=O) groups excluding carboxylic acids is 2. The zero-order chi connectivity index (χ0) is 20.6. The first-order chi connectivity index (χ1) is 14.0. The summed E-state index contributed by atoms with van der Waals surface area (Å²) in [6.07, 6.45) is 0. The lowest BCUT2D eigenvalue weighted by Crippen LogP contribution is -2.86. The van der Waals surface area contributed by atoms with Crippen LogP contribution in [0.4, 0.5) is 11.4 Å². The molecule has 1 atom stereocenters. The molecule has 0 fully saturated rings. The van der Waals surface area contributed by atoms with Gasteiger partial charge in [0.05, 0.1) is 11.3 Å². The van der Waals surface area contributed by atoms with Crippen molar-refractivity contribution in [3.05, 3.63) is 95.0 Å². The third-order valence-corrected chi connectivity index (χ3v) is 4.78. The number of anilines is 2. The normalized spacial score (nSPS) is 11.5. The van der Waals surface area contributed by atoms with Gasteiger partial charge in [0.25, 0.3) is 11.8 Å². The van der Waals surface area contributed by atoms with Crippen LogP contribution < -0.4 is 16.0 Å². The van der Waals surface area contributed by atoms with Gasteiger partial charge in [0, 0.05) is 16.3 Å². The first-order valence-corrected chi connectivity index (χ1v) is 9.75. The Labute approximate surface area is 175 Å². The minimum absolute atomic E-state index is 0.106. The van der Waals surface area contributed by atoms with Crippen LogP contribution in [0.1, 0.15) is 28.9 Å². The van der Waals surface area contributed by atoms with Gasteiger partial charge in [-0.2, -0.15) is 0 Å². The van der Waals surface area contributed by atoms with Crippen LogP contribution in [0.25, 0.3) is 0 Å². The Morgan fingerprint density at radius 1 is 0.897 bits per heavy atom. The molecule has 148 valence electrons. The molecule has 3 aromatic carbocycles. The first kappa shape index (κ1) is 20.6. The number of para-hydroxylation sites is 2. The number of nitrogens with two attached hydrogens (primary N) is 1. The smallest absolute Gasteiger partial charge is 0.279 e. The maximum absolute atomic E-state index is 12.6. The Bertz CT molecular complexity index is 975. The molecule has 5 nitrogen and oxygen atoms in total. The van der Waals surface area contributed by atoms with Crippen molar-refractivity contribution in [2.45, 2.75) is 13.0 Å². The Hall–Kier alpha value is -3.15. The summed E-state index contributed by atoms with van der Waals surface area (Å²) in [7, 11) is 0. The molecule has 0 heterocycles. The zero-order valence-corrected chi connectivity index (χ0v) is 16.8. The molecule has 3 rings (SSSR count). The lowest BCUT2D eigenvalue weighted by molar-refractivity contribution is -0.682. The largest absolute Gasteiger partial charge is 0.333 e. The Morgan fingerprint density at radius 3 is 2.28 bits per heavy atom. The van der Waals surface area contributed by atoms with E-state index in [0.29, 0.717) is 22.0 Å². The van der Waals surface area contributed by atoms with E-state index in [-0.39, 0.29) is 24.4 Å². The zero-order valence-electron chi connectivity index (χ0n) is 16.1. The van der Waals surface area contributed by atoms with Crippen molar-refractivity contribution >= 4 is 34.8 Å². The van der Waals surface area contributed by atoms with E-state index in [1.54, 1.807) is 24.3 Å². The number of hydrogen-bond donors (Lipinski definition) is 3. The molecule has 29 heavy (non-hydrogen) atoms. The minimum atomic E-state index is -0.273. The van der Waals surface area contributed by atoms with Crippen LogP contribution in [-0.4, -0.2) is 18.4 Å². The second-order valence-electron chi connectivity index (χ2n) is 6.69. The maximum Gasteiger partial charge on any atom is 0.279 e. The lowest BCUT2D eigenvalue weighted by Gasteiger charge is -2.13. The fourth-order valence-electron chi connectivity index (χ4n) is 2.90. The monoisotopic (exact) mass is 408 g/mol. The molecule has 0 radical (unpaired) electrons. The number of carbonyl (C=O) groups is 2. The predicted molar refractivity (Wildman–Crippen MR) is 116 cm³/mol. The molecule has 0 aromatic heterocycles. The number of quaternary nitrogens is 1. The molecule has 0 bridgehead atoms. The molecular weight excluding hydrogens is 386 g/mol. The molecule has 0 spiro atoms. The highest BCUT2D eigenvalue weighted by Crippen LogP contribution is 2.17. The van der Waals surface area contributed by atoms with Crippen LogP contribution in [0.2, 0.25) is 5.02 Å². The summed E-state index contributed by atoms with van der Waals surface area (Å²) < 4.78 is 0. The minimum Gasteiger partial charge on any atom is -0.333 e. The van der Waals surface area contributed by atoms with Crippen LogP contribution in [0.15, 0.2) is 78.9 Å². The Kier molecular flexibility index (Phi) is 7.00. The van der Waals surface area contributed by atoms with Gasteiger partial charge in [-0.05, 0) is 43.3 Å². The van der Waals surface area contributed by atoms with E-state index in [1.165, 1.54) is 0 Å². The summed E-state index contributed by atoms with van der Waals surface area (Å²) in [5.41, 5.74) is 2.68. The average Bonchev–Trinajstić information content (AvgIpc) is 2.73. The highest BCUT2D eigenvalue weighted by molar-refractivity contribution is 6.30. The van der Waals surface area contributed by atoms with E-state index < -0.39 is 0 Å². The second-order valence-corrected chi connectivity index (χ2v) is 7.13. The van der Waals surface area contributed by atoms with Crippen molar-refractivity contribution in [3.8, 4) is 0 Å². The van der Waals surface area contributed by atoms with Crippen LogP contribution in [0, 0.1) is 0 Å². The van der Waals surface area contributed by atoms with Crippen LogP contribution in [-0.2, 0) is 4.79 Å². The third-order valence-electron chi connectivity index (χ3n) is 4.53. The maximum atomic E-state index is 12.6. The van der Waals surface area contributed by atoms with Crippen LogP contribution in [0.5, 0.6) is 0 Å². The van der Waals surface area contributed by atoms with E-state index in [2.05, 4.69) is 10.6 Å². The van der Waals surface area contributed by atoms with Gasteiger partial charge in [0.2, 0.25) is 0 Å². The quantitative estimate of drug-likeness (QED) is 0.555. The van der Waals surface area contributed by atoms with Crippen molar-refractivity contribution in [1.29, 1.82) is 0 Å². The van der Waals surface area contributed by atoms with Crippen molar-refractivity contribution in [1.82, 2.24) is 0 Å². The number of hydrogen-bond acceptors (Lipinski definition) is 2. The second kappa shape index (κ2) is 9.87. The molecule has 0 saturated heterocycles. The van der Waals surface area contributed by atoms with Gasteiger partial charge in [-0.15, -0.1) is 0 Å². The van der Waals surface area contributed by atoms with Gasteiger partial charge in [0.15, 0.2) is 6.54 Å². The molecule has 4 N–H and O–H groups in total. The molecule has 0 aliphatic carbocycles. The predicted octanol–water partition coefficient (Wildman–Crippen LogP) is 3.86. The highest BCUT2D eigenvalue weighted by Gasteiger charge is 2.16.